The average molecular weight is 468 g/mol. The van der Waals surface area contributed by atoms with Gasteiger partial charge in [0.05, 0.1) is 0 Å². The van der Waals surface area contributed by atoms with Gasteiger partial charge in [0, 0.05) is 16.5 Å². The SMILES string of the molecule is CCCCc1ccc(C#Cc2ccc3c(F)c(CCc4cc(F)c(C#N)c(F)c4)ccc3c2)cc1. The number of benzene rings is 4. The number of unbranched alkanes of at least 4 members (excludes halogenated alkanes) is 1. The van der Waals surface area contributed by atoms with E-state index < -0.39 is 17.2 Å². The number of aryl methyl sites for hydroxylation is 3. The Bertz CT molecular complexity index is 1440. The first-order valence-corrected chi connectivity index (χ1v) is 11.7. The zero-order chi connectivity index (χ0) is 24.8. The Hall–Kier alpha value is -4.02. The fourth-order valence-corrected chi connectivity index (χ4v) is 4.04. The Morgan fingerprint density at radius 2 is 1.40 bits per heavy atom. The number of nitrogens with zero attached hydrogens (tertiary/aromatic N) is 1. The molecule has 35 heavy (non-hydrogen) atoms. The van der Waals surface area contributed by atoms with E-state index in [1.807, 2.05) is 24.3 Å². The minimum atomic E-state index is -0.900. The highest BCUT2D eigenvalue weighted by molar-refractivity contribution is 5.85. The third kappa shape index (κ3) is 5.73. The lowest BCUT2D eigenvalue weighted by Crippen LogP contribution is -1.99. The summed E-state index contributed by atoms with van der Waals surface area (Å²) in [6.45, 7) is 2.18. The van der Waals surface area contributed by atoms with E-state index in [2.05, 4.69) is 30.9 Å². The molecule has 0 atom stereocenters. The van der Waals surface area contributed by atoms with Gasteiger partial charge in [-0.2, -0.15) is 5.26 Å². The number of halogens is 3. The van der Waals surface area contributed by atoms with Crippen LogP contribution in [0.5, 0.6) is 0 Å². The first-order valence-electron chi connectivity index (χ1n) is 11.7. The highest BCUT2D eigenvalue weighted by Crippen LogP contribution is 2.24. The number of hydrogen-bond acceptors (Lipinski definition) is 1. The molecule has 4 rings (SSSR count). The molecule has 0 N–H and O–H groups in total. The largest absolute Gasteiger partial charge is 0.206 e. The Kier molecular flexibility index (Phi) is 7.54. The molecule has 0 fully saturated rings. The zero-order valence-electron chi connectivity index (χ0n) is 19.5. The molecule has 0 aliphatic carbocycles. The second-order valence-electron chi connectivity index (χ2n) is 8.57. The van der Waals surface area contributed by atoms with E-state index in [-0.39, 0.29) is 18.7 Å². The molecule has 0 unspecified atom stereocenters. The first-order chi connectivity index (χ1) is 17.0. The summed E-state index contributed by atoms with van der Waals surface area (Å²) < 4.78 is 42.8. The Morgan fingerprint density at radius 1 is 0.714 bits per heavy atom. The fourth-order valence-electron chi connectivity index (χ4n) is 4.04. The van der Waals surface area contributed by atoms with Crippen LogP contribution in [-0.4, -0.2) is 0 Å². The van der Waals surface area contributed by atoms with Gasteiger partial charge in [0.25, 0.3) is 0 Å². The molecule has 0 saturated heterocycles. The predicted molar refractivity (Wildman–Crippen MR) is 133 cm³/mol. The van der Waals surface area contributed by atoms with Gasteiger partial charge in [0.2, 0.25) is 0 Å². The Balaban J connectivity index is 1.49. The van der Waals surface area contributed by atoms with E-state index >= 15 is 4.39 Å². The standard InChI is InChI=1S/C31H24F3N/c1-2-3-4-21-5-7-22(8-6-21)9-10-23-12-16-27-26(17-23)15-14-25(31(27)34)13-11-24-18-29(32)28(20-35)30(33)19-24/h5-8,12,14-19H,2-4,11,13H2,1H3. The molecule has 0 aliphatic heterocycles. The van der Waals surface area contributed by atoms with Gasteiger partial charge in [-0.15, -0.1) is 0 Å². The molecule has 0 radical (unpaired) electrons. The molecular formula is C31H24F3N. The van der Waals surface area contributed by atoms with Crippen molar-refractivity contribution in [1.82, 2.24) is 0 Å². The molecule has 0 heterocycles. The van der Waals surface area contributed by atoms with Gasteiger partial charge >= 0.3 is 0 Å². The molecule has 0 aliphatic rings. The van der Waals surface area contributed by atoms with E-state index in [4.69, 9.17) is 5.26 Å². The minimum Gasteiger partial charge on any atom is -0.206 e. The summed E-state index contributed by atoms with van der Waals surface area (Å²) in [5, 5.41) is 10.0. The molecule has 1 nitrogen and oxygen atoms in total. The van der Waals surface area contributed by atoms with Gasteiger partial charge in [-0.3, -0.25) is 0 Å². The summed E-state index contributed by atoms with van der Waals surface area (Å²) >= 11 is 0. The van der Waals surface area contributed by atoms with E-state index in [0.29, 0.717) is 16.5 Å². The van der Waals surface area contributed by atoms with Gasteiger partial charge < -0.3 is 0 Å². The van der Waals surface area contributed by atoms with Crippen LogP contribution in [0.2, 0.25) is 0 Å². The topological polar surface area (TPSA) is 23.8 Å². The van der Waals surface area contributed by atoms with Crippen LogP contribution in [-0.2, 0) is 19.3 Å². The van der Waals surface area contributed by atoms with Gasteiger partial charge in [-0.1, -0.05) is 55.5 Å². The maximum atomic E-state index is 15.1. The van der Waals surface area contributed by atoms with Gasteiger partial charge in [-0.05, 0) is 84.2 Å². The predicted octanol–water partition coefficient (Wildman–Crippen LogP) is 7.66. The molecule has 0 spiro atoms. The van der Waals surface area contributed by atoms with Crippen LogP contribution in [0, 0.1) is 40.6 Å². The van der Waals surface area contributed by atoms with Crippen LogP contribution in [0.3, 0.4) is 0 Å². The maximum absolute atomic E-state index is 15.1. The van der Waals surface area contributed by atoms with Gasteiger partial charge in [-0.25, -0.2) is 13.2 Å². The number of fused-ring (bicyclic) bond motifs is 1. The second kappa shape index (κ2) is 10.9. The number of nitriles is 1. The lowest BCUT2D eigenvalue weighted by Gasteiger charge is -2.08. The van der Waals surface area contributed by atoms with Crippen molar-refractivity contribution in [1.29, 1.82) is 5.26 Å². The monoisotopic (exact) mass is 467 g/mol. The molecular weight excluding hydrogens is 443 g/mol. The van der Waals surface area contributed by atoms with Crippen molar-refractivity contribution >= 4 is 10.8 Å². The van der Waals surface area contributed by atoms with Gasteiger partial charge in [0.1, 0.15) is 29.1 Å². The average Bonchev–Trinajstić information content (AvgIpc) is 2.86. The van der Waals surface area contributed by atoms with Crippen molar-refractivity contribution in [2.75, 3.05) is 0 Å². The number of rotatable bonds is 6. The third-order valence-corrected chi connectivity index (χ3v) is 6.05. The van der Waals surface area contributed by atoms with Crippen LogP contribution in [0.4, 0.5) is 13.2 Å². The van der Waals surface area contributed by atoms with E-state index in [9.17, 15) is 8.78 Å². The van der Waals surface area contributed by atoms with Crippen molar-refractivity contribution < 1.29 is 13.2 Å². The van der Waals surface area contributed by atoms with Crippen molar-refractivity contribution in [3.63, 3.8) is 0 Å². The second-order valence-corrected chi connectivity index (χ2v) is 8.57. The summed E-state index contributed by atoms with van der Waals surface area (Å²) in [7, 11) is 0. The maximum Gasteiger partial charge on any atom is 0.144 e. The lowest BCUT2D eigenvalue weighted by molar-refractivity contribution is 0.572. The van der Waals surface area contributed by atoms with E-state index in [0.717, 1.165) is 35.1 Å². The third-order valence-electron chi connectivity index (χ3n) is 6.05. The van der Waals surface area contributed by atoms with E-state index in [1.54, 1.807) is 18.2 Å². The highest BCUT2D eigenvalue weighted by atomic mass is 19.1. The van der Waals surface area contributed by atoms with Crippen LogP contribution in [0.1, 0.15) is 53.1 Å². The zero-order valence-corrected chi connectivity index (χ0v) is 19.5. The smallest absolute Gasteiger partial charge is 0.144 e. The van der Waals surface area contributed by atoms with Crippen molar-refractivity contribution in [3.05, 3.63) is 118 Å². The van der Waals surface area contributed by atoms with Crippen molar-refractivity contribution in [2.45, 2.75) is 39.0 Å². The normalized spacial score (nSPS) is 10.6. The van der Waals surface area contributed by atoms with Gasteiger partial charge in [0.15, 0.2) is 0 Å². The van der Waals surface area contributed by atoms with Crippen LogP contribution < -0.4 is 0 Å². The molecule has 4 aromatic rings. The Labute approximate surface area is 203 Å². The molecule has 4 aromatic carbocycles. The Morgan fingerprint density at radius 3 is 2.09 bits per heavy atom. The summed E-state index contributed by atoms with van der Waals surface area (Å²) in [5.74, 6) is 4.17. The molecule has 4 heteroatoms. The van der Waals surface area contributed by atoms with Crippen molar-refractivity contribution in [3.8, 4) is 17.9 Å². The molecule has 0 saturated carbocycles. The number of hydrogen-bond donors (Lipinski definition) is 0. The van der Waals surface area contributed by atoms with Crippen LogP contribution in [0.15, 0.2) is 66.7 Å². The van der Waals surface area contributed by atoms with Crippen LogP contribution in [0.25, 0.3) is 10.8 Å². The van der Waals surface area contributed by atoms with Crippen LogP contribution >= 0.6 is 0 Å². The molecule has 0 bridgehead atoms. The summed E-state index contributed by atoms with van der Waals surface area (Å²) in [6, 6.07) is 20.9. The molecule has 174 valence electrons. The summed E-state index contributed by atoms with van der Waals surface area (Å²) in [6.07, 6.45) is 3.95. The van der Waals surface area contributed by atoms with E-state index in [1.165, 1.54) is 24.5 Å². The molecule has 0 amide bonds. The fraction of sp³-hybridized carbons (Fsp3) is 0.194. The molecule has 0 aromatic heterocycles. The minimum absolute atomic E-state index is 0.253. The van der Waals surface area contributed by atoms with Crippen molar-refractivity contribution in [2.24, 2.45) is 0 Å². The quantitative estimate of drug-likeness (QED) is 0.267. The first kappa shape index (κ1) is 24.1. The lowest BCUT2D eigenvalue weighted by atomic mass is 9.98. The highest BCUT2D eigenvalue weighted by Gasteiger charge is 2.12. The summed E-state index contributed by atoms with van der Waals surface area (Å²) in [5.41, 5.74) is 3.27. The summed E-state index contributed by atoms with van der Waals surface area (Å²) in [4.78, 5) is 0.